The van der Waals surface area contributed by atoms with Crippen LogP contribution in [-0.2, 0) is 11.2 Å². The van der Waals surface area contributed by atoms with Gasteiger partial charge in [0.25, 0.3) is 5.91 Å². The van der Waals surface area contributed by atoms with Gasteiger partial charge in [-0.3, -0.25) is 4.79 Å². The zero-order valence-corrected chi connectivity index (χ0v) is 19.5. The van der Waals surface area contributed by atoms with Gasteiger partial charge in [0.2, 0.25) is 0 Å². The maximum atomic E-state index is 12.9. The molecule has 1 aromatic carbocycles. The Kier molecular flexibility index (Phi) is 7.47. The van der Waals surface area contributed by atoms with Crippen LogP contribution in [0.15, 0.2) is 67.3 Å². The summed E-state index contributed by atoms with van der Waals surface area (Å²) in [7, 11) is 0. The molecule has 2 N–H and O–H groups in total. The minimum absolute atomic E-state index is 0.203. The fourth-order valence-electron chi connectivity index (χ4n) is 4.13. The van der Waals surface area contributed by atoms with Crippen molar-refractivity contribution >= 4 is 28.5 Å². The minimum Gasteiger partial charge on any atom is -0.616 e. The molecule has 0 radical (unpaired) electrons. The number of amides is 1. The van der Waals surface area contributed by atoms with E-state index in [-0.39, 0.29) is 5.91 Å². The maximum absolute atomic E-state index is 12.9. The van der Waals surface area contributed by atoms with Gasteiger partial charge in [-0.2, -0.15) is 5.10 Å². The third kappa shape index (κ3) is 6.22. The topological polar surface area (TPSA) is 82.0 Å². The SMILES string of the molecule is C=C(F)/C=C\C(=C/C)n1cc(NC(=O)c2cccc(C3CC3NC3CC[S+]([O-])CC3)c2)cn1. The Bertz CT molecular complexity index is 1070. The van der Waals surface area contributed by atoms with Crippen LogP contribution in [0.25, 0.3) is 5.70 Å². The second-order valence-corrected chi connectivity index (χ2v) is 10.2. The van der Waals surface area contributed by atoms with Crippen LogP contribution in [0.4, 0.5) is 10.1 Å². The molecule has 174 valence electrons. The average molecular weight is 469 g/mol. The van der Waals surface area contributed by atoms with E-state index in [9.17, 15) is 13.7 Å². The number of hydrogen-bond donors (Lipinski definition) is 2. The molecule has 1 saturated heterocycles. The van der Waals surface area contributed by atoms with Crippen LogP contribution in [-0.4, -0.2) is 43.8 Å². The van der Waals surface area contributed by atoms with Crippen molar-refractivity contribution < 1.29 is 13.7 Å². The summed E-state index contributed by atoms with van der Waals surface area (Å²) in [6.45, 7) is 5.03. The lowest BCUT2D eigenvalue weighted by Crippen LogP contribution is -2.39. The van der Waals surface area contributed by atoms with Crippen molar-refractivity contribution in [3.05, 3.63) is 78.4 Å². The van der Waals surface area contributed by atoms with Crippen LogP contribution in [0.2, 0.25) is 0 Å². The molecule has 2 aliphatic rings. The van der Waals surface area contributed by atoms with Crippen LogP contribution < -0.4 is 10.6 Å². The highest BCUT2D eigenvalue weighted by molar-refractivity contribution is 7.91. The number of nitrogens with zero attached hydrogens (tertiary/aromatic N) is 2. The molecule has 0 spiro atoms. The van der Waals surface area contributed by atoms with Gasteiger partial charge in [0.05, 0.1) is 23.8 Å². The maximum Gasteiger partial charge on any atom is 0.255 e. The molecule has 2 heterocycles. The number of benzene rings is 1. The Morgan fingerprint density at radius 2 is 2.12 bits per heavy atom. The van der Waals surface area contributed by atoms with Crippen molar-refractivity contribution in [1.29, 1.82) is 0 Å². The summed E-state index contributed by atoms with van der Waals surface area (Å²) in [5.74, 6) is 1.24. The van der Waals surface area contributed by atoms with Crippen LogP contribution in [0.5, 0.6) is 0 Å². The molecule has 2 aromatic rings. The number of rotatable bonds is 8. The smallest absolute Gasteiger partial charge is 0.255 e. The Morgan fingerprint density at radius 3 is 2.85 bits per heavy atom. The largest absolute Gasteiger partial charge is 0.616 e. The highest BCUT2D eigenvalue weighted by Crippen LogP contribution is 2.41. The molecule has 33 heavy (non-hydrogen) atoms. The number of halogens is 1. The van der Waals surface area contributed by atoms with E-state index in [4.69, 9.17) is 0 Å². The molecule has 1 saturated carbocycles. The molecule has 1 aliphatic carbocycles. The fourth-order valence-corrected chi connectivity index (χ4v) is 5.43. The number of nitrogens with one attached hydrogen (secondary N) is 2. The van der Waals surface area contributed by atoms with E-state index in [1.807, 2.05) is 19.1 Å². The molecule has 2 unspecified atom stereocenters. The summed E-state index contributed by atoms with van der Waals surface area (Å²) in [5, 5.41) is 10.8. The molecule has 1 aliphatic heterocycles. The van der Waals surface area contributed by atoms with Gasteiger partial charge < -0.3 is 15.2 Å². The molecule has 1 aromatic heterocycles. The van der Waals surface area contributed by atoms with Gasteiger partial charge in [0.1, 0.15) is 17.3 Å². The summed E-state index contributed by atoms with van der Waals surface area (Å²) in [4.78, 5) is 12.8. The van der Waals surface area contributed by atoms with Gasteiger partial charge in [-0.05, 0) is 43.2 Å². The standard InChI is InChI=1S/C25H29FN4O2S/c1-3-22(8-7-17(2)26)30-16-21(15-27-30)29-25(31)19-6-4-5-18(13-19)23-14-24(23)28-20-9-11-33(32)12-10-20/h3-8,13,15-16,20,23-24,28H,2,9-12,14H2,1H3,(H,29,31)/b8-7-,22-3+. The minimum atomic E-state index is -0.646. The molecule has 2 fully saturated rings. The number of aromatic nitrogens is 2. The number of carbonyl (C=O) groups excluding carboxylic acids is 1. The van der Waals surface area contributed by atoms with Gasteiger partial charge in [-0.15, -0.1) is 0 Å². The highest BCUT2D eigenvalue weighted by atomic mass is 32.2. The first-order valence-corrected chi connectivity index (χ1v) is 12.7. The summed E-state index contributed by atoms with van der Waals surface area (Å²) >= 11 is -0.646. The van der Waals surface area contributed by atoms with E-state index in [1.54, 1.807) is 35.3 Å². The highest BCUT2D eigenvalue weighted by Gasteiger charge is 2.40. The lowest BCUT2D eigenvalue weighted by atomic mass is 10.1. The fraction of sp³-hybridized carbons (Fsp3) is 0.360. The van der Waals surface area contributed by atoms with Crippen molar-refractivity contribution in [1.82, 2.24) is 15.1 Å². The van der Waals surface area contributed by atoms with Gasteiger partial charge in [-0.1, -0.05) is 36.0 Å². The van der Waals surface area contributed by atoms with Crippen molar-refractivity contribution in [3.63, 3.8) is 0 Å². The van der Waals surface area contributed by atoms with Crippen LogP contribution in [0.1, 0.15) is 48.0 Å². The molecule has 1 amide bonds. The van der Waals surface area contributed by atoms with Crippen LogP contribution in [0.3, 0.4) is 0 Å². The first kappa shape index (κ1) is 23.5. The van der Waals surface area contributed by atoms with E-state index >= 15 is 0 Å². The molecular formula is C25H29FN4O2S. The monoisotopic (exact) mass is 468 g/mol. The Balaban J connectivity index is 1.35. The first-order chi connectivity index (χ1) is 15.9. The third-order valence-corrected chi connectivity index (χ3v) is 7.42. The van der Waals surface area contributed by atoms with Crippen LogP contribution in [0, 0.1) is 0 Å². The normalized spacial score (nSPS) is 25.2. The number of hydrogen-bond acceptors (Lipinski definition) is 4. The van der Waals surface area contributed by atoms with Crippen molar-refractivity contribution in [3.8, 4) is 0 Å². The average Bonchev–Trinajstić information content (AvgIpc) is 3.43. The van der Waals surface area contributed by atoms with E-state index in [2.05, 4.69) is 28.4 Å². The predicted octanol–water partition coefficient (Wildman–Crippen LogP) is 4.39. The first-order valence-electron chi connectivity index (χ1n) is 11.2. The van der Waals surface area contributed by atoms with Gasteiger partial charge in [0.15, 0.2) is 0 Å². The van der Waals surface area contributed by atoms with E-state index < -0.39 is 17.0 Å². The van der Waals surface area contributed by atoms with Crippen LogP contribution >= 0.6 is 0 Å². The lowest BCUT2D eigenvalue weighted by Gasteiger charge is -2.25. The molecular weight excluding hydrogens is 439 g/mol. The van der Waals surface area contributed by atoms with Crippen molar-refractivity contribution in [2.24, 2.45) is 0 Å². The Morgan fingerprint density at radius 1 is 1.33 bits per heavy atom. The molecule has 4 rings (SSSR count). The summed E-state index contributed by atoms with van der Waals surface area (Å²) < 4.78 is 26.0. The van der Waals surface area contributed by atoms with Crippen molar-refractivity contribution in [2.45, 2.75) is 44.2 Å². The summed E-state index contributed by atoms with van der Waals surface area (Å²) in [6.07, 6.45) is 10.9. The van der Waals surface area contributed by atoms with E-state index in [0.29, 0.717) is 34.9 Å². The Labute approximate surface area is 196 Å². The molecule has 2 atom stereocenters. The second kappa shape index (κ2) is 10.5. The number of anilines is 1. The lowest BCUT2D eigenvalue weighted by molar-refractivity contribution is 0.102. The quantitative estimate of drug-likeness (QED) is 0.445. The third-order valence-electron chi connectivity index (χ3n) is 6.04. The second-order valence-electron chi connectivity index (χ2n) is 8.48. The van der Waals surface area contributed by atoms with Gasteiger partial charge in [0, 0.05) is 36.4 Å². The molecule has 0 bridgehead atoms. The Hall–Kier alpha value is -2.68. The van der Waals surface area contributed by atoms with E-state index in [1.165, 1.54) is 6.08 Å². The number of carbonyl (C=O) groups is 1. The van der Waals surface area contributed by atoms with Gasteiger partial charge >= 0.3 is 0 Å². The molecule has 8 heteroatoms. The zero-order valence-electron chi connectivity index (χ0n) is 18.7. The molecule has 6 nitrogen and oxygen atoms in total. The zero-order chi connectivity index (χ0) is 23.4. The summed E-state index contributed by atoms with van der Waals surface area (Å²) in [5.41, 5.74) is 2.97. The van der Waals surface area contributed by atoms with E-state index in [0.717, 1.165) is 36.3 Å². The van der Waals surface area contributed by atoms with Gasteiger partial charge in [-0.25, -0.2) is 9.07 Å². The number of allylic oxidation sites excluding steroid dienone is 5. The predicted molar refractivity (Wildman–Crippen MR) is 131 cm³/mol. The van der Waals surface area contributed by atoms with Crippen molar-refractivity contribution in [2.75, 3.05) is 16.8 Å². The summed E-state index contributed by atoms with van der Waals surface area (Å²) in [6, 6.07) is 8.61.